The molecule has 0 aliphatic rings. The lowest BCUT2D eigenvalue weighted by Crippen LogP contribution is -2.32. The van der Waals surface area contributed by atoms with Gasteiger partial charge in [-0.05, 0) is 31.0 Å². The van der Waals surface area contributed by atoms with E-state index in [2.05, 4.69) is 4.72 Å². The van der Waals surface area contributed by atoms with Gasteiger partial charge in [0.25, 0.3) is 0 Å². The number of hydrogen-bond donors (Lipinski definition) is 2. The summed E-state index contributed by atoms with van der Waals surface area (Å²) < 4.78 is 15.8. The summed E-state index contributed by atoms with van der Waals surface area (Å²) in [4.78, 5) is 17.4. The molecular weight excluding hydrogens is 364 g/mol. The van der Waals surface area contributed by atoms with Crippen molar-refractivity contribution in [1.82, 2.24) is 9.79 Å². The number of nitrogens with zero attached hydrogens (tertiary/aromatic N) is 1. The van der Waals surface area contributed by atoms with Gasteiger partial charge in [-0.2, -0.15) is 0 Å². The lowest BCUT2D eigenvalue weighted by atomic mass is 10.00. The van der Waals surface area contributed by atoms with Crippen molar-refractivity contribution in [1.29, 1.82) is 0 Å². The van der Waals surface area contributed by atoms with E-state index in [1.54, 1.807) is 0 Å². The Balaban J connectivity index is 2.11. The Morgan fingerprint density at radius 1 is 1.19 bits per heavy atom. The maximum atomic E-state index is 12.7. The fraction of sp³-hybridized carbons (Fsp3) is 0.350. The highest BCUT2D eigenvalue weighted by Gasteiger charge is 2.22. The molecule has 0 radical (unpaired) electrons. The van der Waals surface area contributed by atoms with Crippen LogP contribution in [-0.2, 0) is 20.6 Å². The van der Waals surface area contributed by atoms with Crippen molar-refractivity contribution in [2.75, 3.05) is 14.2 Å². The number of rotatable bonds is 9. The molecule has 3 atom stereocenters. The van der Waals surface area contributed by atoms with Crippen LogP contribution in [0.25, 0.3) is 0 Å². The van der Waals surface area contributed by atoms with Gasteiger partial charge in [-0.3, -0.25) is 9.63 Å². The molecule has 1 unspecified atom stereocenters. The van der Waals surface area contributed by atoms with Crippen LogP contribution in [0.4, 0.5) is 0 Å². The number of amides is 1. The smallest absolute Gasteiger partial charge is 0.248 e. The molecule has 0 aliphatic carbocycles. The summed E-state index contributed by atoms with van der Waals surface area (Å²) in [6.07, 6.45) is -0.736. The van der Waals surface area contributed by atoms with E-state index in [9.17, 15) is 14.1 Å². The van der Waals surface area contributed by atoms with Gasteiger partial charge < -0.3 is 5.11 Å². The Morgan fingerprint density at radius 2 is 1.81 bits per heavy atom. The molecule has 2 rings (SSSR count). The first-order valence-electron chi connectivity index (χ1n) is 8.69. The lowest BCUT2D eigenvalue weighted by molar-refractivity contribution is -0.170. The Morgan fingerprint density at radius 3 is 2.41 bits per heavy atom. The van der Waals surface area contributed by atoms with Gasteiger partial charge in [-0.25, -0.2) is 14.0 Å². The fourth-order valence-electron chi connectivity index (χ4n) is 2.58. The summed E-state index contributed by atoms with van der Waals surface area (Å²) in [6.45, 7) is 1.97. The van der Waals surface area contributed by atoms with Gasteiger partial charge in [-0.15, -0.1) is 0 Å². The highest BCUT2D eigenvalue weighted by atomic mass is 32.2. The van der Waals surface area contributed by atoms with Crippen molar-refractivity contribution < 1.29 is 18.9 Å². The molecular formula is C20H26N2O4S. The van der Waals surface area contributed by atoms with Crippen LogP contribution in [0.1, 0.15) is 30.0 Å². The molecule has 0 aliphatic heterocycles. The predicted molar refractivity (Wildman–Crippen MR) is 105 cm³/mol. The fourth-order valence-corrected chi connectivity index (χ4v) is 3.59. The minimum Gasteiger partial charge on any atom is -0.393 e. The number of hydroxylamine groups is 2. The molecule has 2 N–H and O–H groups in total. The Kier molecular flexibility index (Phi) is 8.12. The Bertz CT molecular complexity index is 752. The molecule has 1 amide bonds. The highest BCUT2D eigenvalue weighted by molar-refractivity contribution is 7.83. The average molecular weight is 391 g/mol. The number of carbonyl (C=O) groups excluding carboxylic acids is 1. The zero-order chi connectivity index (χ0) is 19.8. The average Bonchev–Trinajstić information content (AvgIpc) is 2.67. The number of aliphatic hydroxyl groups excluding tert-OH is 1. The van der Waals surface area contributed by atoms with E-state index in [-0.39, 0.29) is 24.8 Å². The number of aliphatic hydroxyl groups is 1. The summed E-state index contributed by atoms with van der Waals surface area (Å²) in [5.74, 6) is -0.323. The molecule has 0 saturated heterocycles. The van der Waals surface area contributed by atoms with E-state index < -0.39 is 17.1 Å². The summed E-state index contributed by atoms with van der Waals surface area (Å²) in [5.41, 5.74) is 1.98. The van der Waals surface area contributed by atoms with E-state index in [0.29, 0.717) is 4.90 Å². The van der Waals surface area contributed by atoms with Crippen LogP contribution >= 0.6 is 0 Å². The van der Waals surface area contributed by atoms with Gasteiger partial charge in [0.05, 0.1) is 24.5 Å². The van der Waals surface area contributed by atoms with E-state index in [1.165, 1.54) is 14.2 Å². The molecule has 7 heteroatoms. The molecule has 0 spiro atoms. The highest BCUT2D eigenvalue weighted by Crippen LogP contribution is 2.22. The summed E-state index contributed by atoms with van der Waals surface area (Å²) >= 11 is 0. The minimum absolute atomic E-state index is 0.0769. The van der Waals surface area contributed by atoms with Crippen molar-refractivity contribution in [3.05, 3.63) is 65.7 Å². The number of aryl methyl sites for hydroxylation is 1. The van der Waals surface area contributed by atoms with Gasteiger partial charge in [0.2, 0.25) is 5.91 Å². The minimum atomic E-state index is -1.44. The lowest BCUT2D eigenvalue weighted by Gasteiger charge is -2.23. The number of nitrogens with one attached hydrogen (secondary N) is 1. The normalized spacial score (nSPS) is 14.4. The zero-order valence-corrected chi connectivity index (χ0v) is 16.6. The van der Waals surface area contributed by atoms with Crippen LogP contribution in [0.5, 0.6) is 0 Å². The molecule has 2 aromatic carbocycles. The first-order valence-corrected chi connectivity index (χ1v) is 9.84. The van der Waals surface area contributed by atoms with Crippen LogP contribution in [0, 0.1) is 6.92 Å². The summed E-state index contributed by atoms with van der Waals surface area (Å²) in [7, 11) is 1.44. The topological polar surface area (TPSA) is 78.9 Å². The van der Waals surface area contributed by atoms with Crippen LogP contribution in [0.2, 0.25) is 0 Å². The first-order chi connectivity index (χ1) is 12.9. The van der Waals surface area contributed by atoms with Gasteiger partial charge in [0, 0.05) is 13.1 Å². The molecule has 0 heterocycles. The van der Waals surface area contributed by atoms with Gasteiger partial charge in [0.15, 0.2) is 0 Å². The van der Waals surface area contributed by atoms with Crippen LogP contribution in [0.15, 0.2) is 59.5 Å². The molecule has 0 bridgehead atoms. The quantitative estimate of drug-likeness (QED) is 0.645. The number of hydrogen-bond acceptors (Lipinski definition) is 4. The third-order valence-electron chi connectivity index (χ3n) is 4.23. The van der Waals surface area contributed by atoms with Gasteiger partial charge in [0.1, 0.15) is 11.0 Å². The molecule has 0 aromatic heterocycles. The van der Waals surface area contributed by atoms with Crippen molar-refractivity contribution >= 4 is 16.9 Å². The summed E-state index contributed by atoms with van der Waals surface area (Å²) in [5, 5.41) is 11.5. The standard InChI is InChI=1S/C20H26N2O4S/c1-15-9-11-18(12-10-15)27(25)21-19(16-7-5-4-6-8-16)13-17(23)14-20(24)22(2)26-3/h4-12,17,19,21,23H,13-14H2,1-3H3/t17-,19+,27?/m0/s1. The third-order valence-corrected chi connectivity index (χ3v) is 5.43. The van der Waals surface area contributed by atoms with Crippen LogP contribution in [0.3, 0.4) is 0 Å². The molecule has 146 valence electrons. The Hall–Kier alpha value is -2.06. The van der Waals surface area contributed by atoms with Gasteiger partial charge in [-0.1, -0.05) is 48.0 Å². The largest absolute Gasteiger partial charge is 0.393 e. The van der Waals surface area contributed by atoms with Crippen molar-refractivity contribution in [2.24, 2.45) is 0 Å². The molecule has 2 aromatic rings. The predicted octanol–water partition coefficient (Wildman–Crippen LogP) is 2.51. The van der Waals surface area contributed by atoms with E-state index in [1.807, 2.05) is 61.5 Å². The van der Waals surface area contributed by atoms with Crippen molar-refractivity contribution in [3.8, 4) is 0 Å². The van der Waals surface area contributed by atoms with Gasteiger partial charge >= 0.3 is 0 Å². The van der Waals surface area contributed by atoms with Crippen LogP contribution < -0.4 is 4.72 Å². The second-order valence-electron chi connectivity index (χ2n) is 6.33. The summed E-state index contributed by atoms with van der Waals surface area (Å²) in [6, 6.07) is 16.5. The van der Waals surface area contributed by atoms with E-state index >= 15 is 0 Å². The second-order valence-corrected chi connectivity index (χ2v) is 7.57. The Labute approximate surface area is 162 Å². The number of carbonyl (C=O) groups is 1. The second kappa shape index (κ2) is 10.3. The maximum Gasteiger partial charge on any atom is 0.248 e. The van der Waals surface area contributed by atoms with Crippen molar-refractivity contribution in [3.63, 3.8) is 0 Å². The monoisotopic (exact) mass is 390 g/mol. The maximum absolute atomic E-state index is 12.7. The zero-order valence-electron chi connectivity index (χ0n) is 15.8. The van der Waals surface area contributed by atoms with Crippen molar-refractivity contribution in [2.45, 2.75) is 36.8 Å². The number of benzene rings is 2. The SMILES string of the molecule is CON(C)C(=O)C[C@@H](O)C[C@@H](NS(=O)c1ccc(C)cc1)c1ccccc1. The molecule has 0 saturated carbocycles. The molecule has 6 nitrogen and oxygen atoms in total. The van der Waals surface area contributed by atoms with Crippen LogP contribution in [-0.4, -0.2) is 40.5 Å². The molecule has 0 fully saturated rings. The van der Waals surface area contributed by atoms with E-state index in [4.69, 9.17) is 4.84 Å². The third kappa shape index (κ3) is 6.55. The first kappa shape index (κ1) is 21.2. The van der Waals surface area contributed by atoms with E-state index in [0.717, 1.165) is 16.2 Å². The molecule has 27 heavy (non-hydrogen) atoms.